The van der Waals surface area contributed by atoms with Crippen LogP contribution in [0.3, 0.4) is 0 Å². The third-order valence-corrected chi connectivity index (χ3v) is 3.37. The minimum absolute atomic E-state index is 0.0153. The quantitative estimate of drug-likeness (QED) is 0.805. The topological polar surface area (TPSA) is 26.3 Å². The molecule has 0 amide bonds. The summed E-state index contributed by atoms with van der Waals surface area (Å²) in [7, 11) is 0. The first kappa shape index (κ1) is 11.7. The van der Waals surface area contributed by atoms with Crippen LogP contribution in [0, 0.1) is 0 Å². The minimum Gasteiger partial charge on any atom is -0.490 e. The van der Waals surface area contributed by atoms with Crippen molar-refractivity contribution in [2.24, 2.45) is 0 Å². The normalized spacial score (nSPS) is 20.9. The van der Waals surface area contributed by atoms with Gasteiger partial charge in [-0.05, 0) is 25.0 Å². The maximum absolute atomic E-state index is 11.3. The standard InChI is InChI=1S/C12H12Cl2O2/c13-11-5-4-10(7-12(11)14)16-9-3-1-2-8(15)6-9/h4-5,7,9H,1-3,6H2. The van der Waals surface area contributed by atoms with Crippen LogP contribution in [0.15, 0.2) is 18.2 Å². The average Bonchev–Trinajstić information content (AvgIpc) is 2.24. The van der Waals surface area contributed by atoms with E-state index in [1.165, 1.54) is 0 Å². The highest BCUT2D eigenvalue weighted by Gasteiger charge is 2.20. The van der Waals surface area contributed by atoms with Gasteiger partial charge >= 0.3 is 0 Å². The summed E-state index contributed by atoms with van der Waals surface area (Å²) in [6.07, 6.45) is 3.00. The molecule has 2 rings (SSSR count). The number of rotatable bonds is 2. The lowest BCUT2D eigenvalue weighted by molar-refractivity contribution is -0.122. The molecule has 0 saturated heterocycles. The van der Waals surface area contributed by atoms with Gasteiger partial charge in [0.05, 0.1) is 10.0 Å². The molecular formula is C12H12Cl2O2. The molecule has 0 spiro atoms. The molecule has 0 bridgehead atoms. The number of carbonyl (C=O) groups is 1. The molecule has 1 aromatic carbocycles. The van der Waals surface area contributed by atoms with Crippen molar-refractivity contribution in [2.45, 2.75) is 31.8 Å². The van der Waals surface area contributed by atoms with Crippen LogP contribution in [0.25, 0.3) is 0 Å². The molecule has 1 atom stereocenters. The molecule has 0 aliphatic heterocycles. The number of hydrogen-bond acceptors (Lipinski definition) is 2. The predicted molar refractivity (Wildman–Crippen MR) is 64.4 cm³/mol. The average molecular weight is 259 g/mol. The van der Waals surface area contributed by atoms with Crippen LogP contribution in [-0.2, 0) is 4.79 Å². The van der Waals surface area contributed by atoms with Gasteiger partial charge in [-0.25, -0.2) is 0 Å². The largest absolute Gasteiger partial charge is 0.490 e. The molecule has 0 aromatic heterocycles. The summed E-state index contributed by atoms with van der Waals surface area (Å²) < 4.78 is 5.70. The molecule has 0 N–H and O–H groups in total. The van der Waals surface area contributed by atoms with Gasteiger partial charge in [0, 0.05) is 18.9 Å². The van der Waals surface area contributed by atoms with Crippen molar-refractivity contribution in [1.29, 1.82) is 0 Å². The van der Waals surface area contributed by atoms with E-state index >= 15 is 0 Å². The van der Waals surface area contributed by atoms with Crippen molar-refractivity contribution in [1.82, 2.24) is 0 Å². The second kappa shape index (κ2) is 5.07. The van der Waals surface area contributed by atoms with Crippen molar-refractivity contribution in [2.75, 3.05) is 0 Å². The van der Waals surface area contributed by atoms with Gasteiger partial charge < -0.3 is 4.74 Å². The van der Waals surface area contributed by atoms with Crippen LogP contribution < -0.4 is 4.74 Å². The highest BCUT2D eigenvalue weighted by Crippen LogP contribution is 2.28. The Kier molecular flexibility index (Phi) is 3.72. The summed E-state index contributed by atoms with van der Waals surface area (Å²) in [6, 6.07) is 5.15. The molecule has 16 heavy (non-hydrogen) atoms. The highest BCUT2D eigenvalue weighted by atomic mass is 35.5. The smallest absolute Gasteiger partial charge is 0.136 e. The van der Waals surface area contributed by atoms with Crippen molar-refractivity contribution >= 4 is 29.0 Å². The molecule has 1 aliphatic carbocycles. The predicted octanol–water partition coefficient (Wildman–Crippen LogP) is 3.88. The van der Waals surface area contributed by atoms with Gasteiger partial charge in [0.25, 0.3) is 0 Å². The first-order valence-corrected chi connectivity index (χ1v) is 6.04. The van der Waals surface area contributed by atoms with E-state index in [0.29, 0.717) is 28.6 Å². The zero-order chi connectivity index (χ0) is 11.5. The number of hydrogen-bond donors (Lipinski definition) is 0. The van der Waals surface area contributed by atoms with E-state index in [4.69, 9.17) is 27.9 Å². The second-order valence-corrected chi connectivity index (χ2v) is 4.77. The van der Waals surface area contributed by atoms with Crippen molar-refractivity contribution < 1.29 is 9.53 Å². The van der Waals surface area contributed by atoms with Gasteiger partial charge in [-0.15, -0.1) is 0 Å². The van der Waals surface area contributed by atoms with Crippen molar-refractivity contribution in [3.63, 3.8) is 0 Å². The Labute approximate surface area is 104 Å². The molecule has 1 fully saturated rings. The molecule has 1 aromatic rings. The van der Waals surface area contributed by atoms with Gasteiger partial charge in [-0.3, -0.25) is 4.79 Å². The van der Waals surface area contributed by atoms with Gasteiger partial charge in [0.1, 0.15) is 17.6 Å². The lowest BCUT2D eigenvalue weighted by atomic mass is 9.96. The summed E-state index contributed by atoms with van der Waals surface area (Å²) in [5.74, 6) is 0.949. The molecule has 2 nitrogen and oxygen atoms in total. The third-order valence-electron chi connectivity index (χ3n) is 2.63. The molecular weight excluding hydrogens is 247 g/mol. The Morgan fingerprint density at radius 3 is 2.75 bits per heavy atom. The van der Waals surface area contributed by atoms with Crippen LogP contribution in [0.2, 0.25) is 10.0 Å². The lowest BCUT2D eigenvalue weighted by Crippen LogP contribution is -2.25. The molecule has 1 unspecified atom stereocenters. The van der Waals surface area contributed by atoms with E-state index in [2.05, 4.69) is 0 Å². The fourth-order valence-corrected chi connectivity index (χ4v) is 2.12. The van der Waals surface area contributed by atoms with E-state index in [-0.39, 0.29) is 11.9 Å². The molecule has 0 heterocycles. The van der Waals surface area contributed by atoms with Crippen LogP contribution in [0.5, 0.6) is 5.75 Å². The van der Waals surface area contributed by atoms with E-state index < -0.39 is 0 Å². The number of ether oxygens (including phenoxy) is 1. The van der Waals surface area contributed by atoms with Gasteiger partial charge in [0.2, 0.25) is 0 Å². The summed E-state index contributed by atoms with van der Waals surface area (Å²) in [5.41, 5.74) is 0. The summed E-state index contributed by atoms with van der Waals surface area (Å²) in [4.78, 5) is 11.3. The monoisotopic (exact) mass is 258 g/mol. The summed E-state index contributed by atoms with van der Waals surface area (Å²) in [6.45, 7) is 0. The maximum Gasteiger partial charge on any atom is 0.136 e. The van der Waals surface area contributed by atoms with Crippen LogP contribution in [0.4, 0.5) is 0 Å². The Bertz CT molecular complexity index is 404. The van der Waals surface area contributed by atoms with Crippen LogP contribution >= 0.6 is 23.2 Å². The van der Waals surface area contributed by atoms with Crippen molar-refractivity contribution in [3.05, 3.63) is 28.2 Å². The van der Waals surface area contributed by atoms with Crippen LogP contribution in [-0.4, -0.2) is 11.9 Å². The Balaban J connectivity index is 2.03. The SMILES string of the molecule is O=C1CCCC(Oc2ccc(Cl)c(Cl)c2)C1. The van der Waals surface area contributed by atoms with Crippen LogP contribution in [0.1, 0.15) is 25.7 Å². The van der Waals surface area contributed by atoms with E-state index in [0.717, 1.165) is 12.8 Å². The molecule has 4 heteroatoms. The second-order valence-electron chi connectivity index (χ2n) is 3.95. The van der Waals surface area contributed by atoms with E-state index in [9.17, 15) is 4.79 Å². The number of Topliss-reactive ketones (excluding diaryl/α,β-unsaturated/α-hetero) is 1. The molecule has 86 valence electrons. The minimum atomic E-state index is -0.0153. The number of carbonyl (C=O) groups excluding carboxylic acids is 1. The molecule has 0 radical (unpaired) electrons. The summed E-state index contributed by atoms with van der Waals surface area (Å²) in [5, 5.41) is 0.982. The number of halogens is 2. The fourth-order valence-electron chi connectivity index (χ4n) is 1.83. The van der Waals surface area contributed by atoms with Gasteiger partial charge in [0.15, 0.2) is 0 Å². The van der Waals surface area contributed by atoms with Gasteiger partial charge in [-0.1, -0.05) is 23.2 Å². The van der Waals surface area contributed by atoms with E-state index in [1.54, 1.807) is 18.2 Å². The first-order chi connectivity index (χ1) is 7.65. The van der Waals surface area contributed by atoms with E-state index in [1.807, 2.05) is 0 Å². The zero-order valence-electron chi connectivity index (χ0n) is 8.71. The lowest BCUT2D eigenvalue weighted by Gasteiger charge is -2.22. The Hall–Kier alpha value is -0.730. The van der Waals surface area contributed by atoms with Gasteiger partial charge in [-0.2, -0.15) is 0 Å². The third kappa shape index (κ3) is 2.89. The number of ketones is 1. The Morgan fingerprint density at radius 2 is 2.06 bits per heavy atom. The number of benzene rings is 1. The van der Waals surface area contributed by atoms with Crippen molar-refractivity contribution in [3.8, 4) is 5.75 Å². The molecule has 1 aliphatic rings. The maximum atomic E-state index is 11.3. The fraction of sp³-hybridized carbons (Fsp3) is 0.417. The summed E-state index contributed by atoms with van der Waals surface area (Å²) >= 11 is 11.7. The Morgan fingerprint density at radius 1 is 1.25 bits per heavy atom. The highest BCUT2D eigenvalue weighted by molar-refractivity contribution is 6.42. The zero-order valence-corrected chi connectivity index (χ0v) is 10.2. The molecule has 1 saturated carbocycles. The first-order valence-electron chi connectivity index (χ1n) is 5.28.